The Kier molecular flexibility index (Phi) is 5.92. The Balaban J connectivity index is 0.987. The average Bonchev–Trinajstić information content (AvgIpc) is 3.83. The Bertz CT molecular complexity index is 3500. The van der Waals surface area contributed by atoms with Crippen LogP contribution >= 0.6 is 0 Å². The minimum atomic E-state index is 0.856. The molecule has 0 aliphatic heterocycles. The van der Waals surface area contributed by atoms with Gasteiger partial charge in [-0.2, -0.15) is 0 Å². The molecule has 0 unspecified atom stereocenters. The summed E-state index contributed by atoms with van der Waals surface area (Å²) in [7, 11) is 0. The molecule has 2 heteroatoms. The first-order valence-corrected chi connectivity index (χ1v) is 19.2. The number of fused-ring (bicyclic) bond motifs is 18. The van der Waals surface area contributed by atoms with Gasteiger partial charge in [-0.1, -0.05) is 158 Å². The molecule has 2 aromatic heterocycles. The van der Waals surface area contributed by atoms with Gasteiger partial charge in [-0.15, -0.1) is 0 Å². The van der Waals surface area contributed by atoms with E-state index in [1.54, 1.807) is 0 Å². The fourth-order valence-electron chi connectivity index (χ4n) is 9.69. The lowest BCUT2D eigenvalue weighted by Crippen LogP contribution is -1.85. The molecule has 0 N–H and O–H groups in total. The summed E-state index contributed by atoms with van der Waals surface area (Å²) in [5.74, 6) is 0. The van der Waals surface area contributed by atoms with Gasteiger partial charge in [0.25, 0.3) is 0 Å². The van der Waals surface area contributed by atoms with Crippen molar-refractivity contribution in [3.05, 3.63) is 182 Å². The third kappa shape index (κ3) is 4.05. The number of hydrogen-bond acceptors (Lipinski definition) is 2. The summed E-state index contributed by atoms with van der Waals surface area (Å²) in [6.07, 6.45) is 0. The van der Waals surface area contributed by atoms with E-state index in [2.05, 4.69) is 182 Å². The fraction of sp³-hybridized carbons (Fsp3) is 0. The molecule has 0 fully saturated rings. The molecule has 13 rings (SSSR count). The van der Waals surface area contributed by atoms with Gasteiger partial charge in [0.2, 0.25) is 0 Å². The van der Waals surface area contributed by atoms with Gasteiger partial charge in [0.1, 0.15) is 22.3 Å². The first-order valence-electron chi connectivity index (χ1n) is 19.2. The largest absolute Gasteiger partial charge is 0.455 e. The molecule has 0 saturated carbocycles. The molecule has 0 aliphatic rings. The second-order valence-corrected chi connectivity index (χ2v) is 15.1. The zero-order valence-corrected chi connectivity index (χ0v) is 30.1. The van der Waals surface area contributed by atoms with Gasteiger partial charge in [-0.05, 0) is 100 Å². The van der Waals surface area contributed by atoms with E-state index in [0.29, 0.717) is 0 Å². The monoisotopic (exact) mass is 710 g/mol. The van der Waals surface area contributed by atoms with Crippen LogP contribution in [0.5, 0.6) is 0 Å². The molecule has 13 aromatic rings. The van der Waals surface area contributed by atoms with Gasteiger partial charge >= 0.3 is 0 Å². The van der Waals surface area contributed by atoms with Crippen molar-refractivity contribution in [2.75, 3.05) is 0 Å². The third-order valence-electron chi connectivity index (χ3n) is 12.2. The molecule has 0 bridgehead atoms. The van der Waals surface area contributed by atoms with Crippen molar-refractivity contribution in [1.82, 2.24) is 0 Å². The number of rotatable bonds is 2. The quantitative estimate of drug-likeness (QED) is 0.167. The molecule has 2 heterocycles. The number of hydrogen-bond donors (Lipinski definition) is 0. The molecule has 0 atom stereocenters. The van der Waals surface area contributed by atoms with Gasteiger partial charge in [0.05, 0.1) is 0 Å². The summed E-state index contributed by atoms with van der Waals surface area (Å²) >= 11 is 0. The Hall–Kier alpha value is -7.42. The zero-order chi connectivity index (χ0) is 36.5. The van der Waals surface area contributed by atoms with Crippen molar-refractivity contribution >= 4 is 109 Å². The second-order valence-electron chi connectivity index (χ2n) is 15.1. The van der Waals surface area contributed by atoms with Crippen molar-refractivity contribution in [2.24, 2.45) is 0 Å². The highest BCUT2D eigenvalue weighted by Gasteiger charge is 2.19. The summed E-state index contributed by atoms with van der Waals surface area (Å²) in [5, 5.41) is 19.5. The van der Waals surface area contributed by atoms with Crippen LogP contribution in [0.25, 0.3) is 131 Å². The number of benzene rings is 11. The molecule has 0 spiro atoms. The molecule has 258 valence electrons. The molecular formula is C54H30O2. The minimum absolute atomic E-state index is 0.856. The van der Waals surface area contributed by atoms with Crippen molar-refractivity contribution in [2.45, 2.75) is 0 Å². The van der Waals surface area contributed by atoms with Crippen molar-refractivity contribution < 1.29 is 8.83 Å². The fourth-order valence-corrected chi connectivity index (χ4v) is 9.69. The van der Waals surface area contributed by atoms with E-state index in [1.807, 2.05) is 0 Å². The van der Waals surface area contributed by atoms with E-state index in [-0.39, 0.29) is 0 Å². The molecule has 2 nitrogen and oxygen atoms in total. The lowest BCUT2D eigenvalue weighted by Gasteiger charge is -2.12. The van der Waals surface area contributed by atoms with Crippen LogP contribution in [0.1, 0.15) is 0 Å². The maximum Gasteiger partial charge on any atom is 0.143 e. The normalized spacial score (nSPS) is 12.3. The van der Waals surface area contributed by atoms with E-state index in [0.717, 1.165) is 66.1 Å². The maximum absolute atomic E-state index is 6.83. The first kappa shape index (κ1) is 30.0. The van der Waals surface area contributed by atoms with Crippen LogP contribution in [0.4, 0.5) is 0 Å². The van der Waals surface area contributed by atoms with Crippen LogP contribution in [-0.4, -0.2) is 0 Å². The van der Waals surface area contributed by atoms with Gasteiger partial charge in [-0.3, -0.25) is 0 Å². The summed E-state index contributed by atoms with van der Waals surface area (Å²) in [4.78, 5) is 0. The van der Waals surface area contributed by atoms with Crippen LogP contribution in [0.3, 0.4) is 0 Å². The predicted octanol–water partition coefficient (Wildman–Crippen LogP) is 15.7. The Morgan fingerprint density at radius 1 is 0.214 bits per heavy atom. The third-order valence-corrected chi connectivity index (χ3v) is 12.2. The minimum Gasteiger partial charge on any atom is -0.455 e. The van der Waals surface area contributed by atoms with Gasteiger partial charge in [0, 0.05) is 32.7 Å². The summed E-state index contributed by atoms with van der Waals surface area (Å²) in [6, 6.07) is 65.9. The van der Waals surface area contributed by atoms with Crippen molar-refractivity contribution in [3.8, 4) is 22.3 Å². The number of furan rings is 2. The molecule has 11 aromatic carbocycles. The van der Waals surface area contributed by atoms with Gasteiger partial charge in [-0.25, -0.2) is 0 Å². The summed E-state index contributed by atoms with van der Waals surface area (Å²) in [5.41, 5.74) is 7.93. The highest BCUT2D eigenvalue weighted by atomic mass is 16.3. The molecule has 0 aliphatic carbocycles. The van der Waals surface area contributed by atoms with Crippen LogP contribution < -0.4 is 0 Å². The SMILES string of the molecule is c1cc(-c2ccc3c4ccccc4c4ccccc4c3c2)c2oc3cc4c(cc3c2c1)oc1c(-c2ccc3c5ccccc5c5ccccc5c3c2)cccc14. The van der Waals surface area contributed by atoms with Gasteiger partial charge < -0.3 is 8.83 Å². The Labute approximate surface area is 320 Å². The predicted molar refractivity (Wildman–Crippen MR) is 237 cm³/mol. The Morgan fingerprint density at radius 2 is 0.518 bits per heavy atom. The molecule has 0 saturated heterocycles. The van der Waals surface area contributed by atoms with E-state index in [4.69, 9.17) is 8.83 Å². The highest BCUT2D eigenvalue weighted by molar-refractivity contribution is 6.27. The van der Waals surface area contributed by atoms with Crippen LogP contribution in [0, 0.1) is 0 Å². The smallest absolute Gasteiger partial charge is 0.143 e. The van der Waals surface area contributed by atoms with E-state index in [9.17, 15) is 0 Å². The lowest BCUT2D eigenvalue weighted by molar-refractivity contribution is 0.665. The maximum atomic E-state index is 6.83. The average molecular weight is 711 g/mol. The standard InChI is InChI=1S/C54H30O2/c1-3-15-39-35(11-1)37-13-5-7-17-41(37)47-27-31(23-25-43(39)47)33-19-9-21-45-49-29-52-50(30-51(49)55-53(33)45)46-22-10-20-34(54(46)56-52)32-24-26-44-40-16-4-2-12-36(40)38-14-6-8-18-42(38)48(44)28-32/h1-30H. The summed E-state index contributed by atoms with van der Waals surface area (Å²) in [6.45, 7) is 0. The van der Waals surface area contributed by atoms with Crippen molar-refractivity contribution in [1.29, 1.82) is 0 Å². The molecule has 0 amide bonds. The molecule has 0 radical (unpaired) electrons. The topological polar surface area (TPSA) is 26.3 Å². The van der Waals surface area contributed by atoms with Crippen LogP contribution in [-0.2, 0) is 0 Å². The van der Waals surface area contributed by atoms with E-state index in [1.165, 1.54) is 64.6 Å². The first-order chi connectivity index (χ1) is 27.8. The lowest BCUT2D eigenvalue weighted by atomic mass is 9.91. The van der Waals surface area contributed by atoms with Gasteiger partial charge in [0.15, 0.2) is 0 Å². The van der Waals surface area contributed by atoms with E-state index < -0.39 is 0 Å². The van der Waals surface area contributed by atoms with Crippen molar-refractivity contribution in [3.63, 3.8) is 0 Å². The second kappa shape index (κ2) is 11.1. The van der Waals surface area contributed by atoms with Crippen LogP contribution in [0.15, 0.2) is 191 Å². The van der Waals surface area contributed by atoms with E-state index >= 15 is 0 Å². The summed E-state index contributed by atoms with van der Waals surface area (Å²) < 4.78 is 13.7. The van der Waals surface area contributed by atoms with Crippen LogP contribution in [0.2, 0.25) is 0 Å². The zero-order valence-electron chi connectivity index (χ0n) is 30.1. The Morgan fingerprint density at radius 3 is 0.875 bits per heavy atom. The highest BCUT2D eigenvalue weighted by Crippen LogP contribution is 2.44. The molecular weight excluding hydrogens is 681 g/mol. The molecule has 56 heavy (non-hydrogen) atoms. The number of para-hydroxylation sites is 2.